The van der Waals surface area contributed by atoms with Gasteiger partial charge in [-0.05, 0) is 51.3 Å². The number of rotatable bonds is 9. The van der Waals surface area contributed by atoms with E-state index >= 15 is 0 Å². The van der Waals surface area contributed by atoms with Crippen molar-refractivity contribution >= 4 is 5.97 Å². The first kappa shape index (κ1) is 25.9. The first-order valence-electron chi connectivity index (χ1n) is 13.2. The molecule has 3 aromatic carbocycles. The van der Waals surface area contributed by atoms with Crippen LogP contribution in [0.4, 0.5) is 0 Å². The van der Waals surface area contributed by atoms with Gasteiger partial charge < -0.3 is 13.9 Å². The summed E-state index contributed by atoms with van der Waals surface area (Å²) < 4.78 is 18.1. The summed E-state index contributed by atoms with van der Waals surface area (Å²) in [5.74, 6) is 0.892. The van der Waals surface area contributed by atoms with Gasteiger partial charge in [0, 0.05) is 11.1 Å². The molecule has 0 N–H and O–H groups in total. The lowest BCUT2D eigenvalue weighted by atomic mass is 9.89. The van der Waals surface area contributed by atoms with E-state index in [1.165, 1.54) is 11.1 Å². The van der Waals surface area contributed by atoms with Gasteiger partial charge in [0.05, 0.1) is 12.1 Å². The third kappa shape index (κ3) is 5.72. The summed E-state index contributed by atoms with van der Waals surface area (Å²) in [5, 5.41) is 0. The summed E-state index contributed by atoms with van der Waals surface area (Å²) in [5.41, 5.74) is 5.21. The molecule has 5 rings (SSSR count). The third-order valence-corrected chi connectivity index (χ3v) is 7.29. The van der Waals surface area contributed by atoms with Crippen LogP contribution in [-0.4, -0.2) is 35.7 Å². The number of carbonyl (C=O) groups is 1. The fourth-order valence-corrected chi connectivity index (χ4v) is 4.94. The number of aryl methyl sites for hydroxylation is 1. The Labute approximate surface area is 224 Å². The molecule has 4 aromatic rings. The number of nitrogens with zero attached hydrogens (tertiary/aromatic N) is 2. The Morgan fingerprint density at radius 3 is 2.37 bits per heavy atom. The van der Waals surface area contributed by atoms with Gasteiger partial charge in [0.15, 0.2) is 12.0 Å². The zero-order valence-corrected chi connectivity index (χ0v) is 22.2. The van der Waals surface area contributed by atoms with Crippen molar-refractivity contribution in [3.8, 4) is 22.6 Å². The largest absolute Gasteiger partial charge is 0.445 e. The Hall–Kier alpha value is -3.74. The van der Waals surface area contributed by atoms with Gasteiger partial charge in [-0.25, -0.2) is 9.78 Å². The number of aromatic nitrogens is 1. The summed E-state index contributed by atoms with van der Waals surface area (Å²) in [6.07, 6.45) is 2.46. The quantitative estimate of drug-likeness (QED) is 0.179. The highest BCUT2D eigenvalue weighted by Gasteiger charge is 2.28. The van der Waals surface area contributed by atoms with Crippen LogP contribution in [0.5, 0.6) is 0 Å². The normalized spacial score (nSPS) is 16.6. The monoisotopic (exact) mass is 510 g/mol. The van der Waals surface area contributed by atoms with Crippen LogP contribution in [0.25, 0.3) is 22.6 Å². The van der Waals surface area contributed by atoms with E-state index in [0.717, 1.165) is 41.8 Å². The van der Waals surface area contributed by atoms with Crippen LogP contribution in [-0.2, 0) is 20.7 Å². The summed E-state index contributed by atoms with van der Waals surface area (Å²) in [6, 6.07) is 28.0. The number of fused-ring (bicyclic) bond motifs is 1. The van der Waals surface area contributed by atoms with Crippen molar-refractivity contribution in [3.63, 3.8) is 0 Å². The van der Waals surface area contributed by atoms with Crippen LogP contribution in [0.15, 0.2) is 89.3 Å². The highest BCUT2D eigenvalue weighted by molar-refractivity contribution is 5.76. The molecule has 0 amide bonds. The Balaban J connectivity index is 1.25. The molecule has 1 heterocycles. The molecule has 3 atom stereocenters. The van der Waals surface area contributed by atoms with E-state index in [1.54, 1.807) is 0 Å². The molecule has 196 valence electrons. The maximum Gasteiger partial charge on any atom is 0.333 e. The number of ether oxygens (including phenoxy) is 2. The van der Waals surface area contributed by atoms with Gasteiger partial charge in [-0.3, -0.25) is 4.90 Å². The molecule has 0 bridgehead atoms. The molecular formula is C32H34N2O4. The first-order valence-corrected chi connectivity index (χ1v) is 13.2. The molecular weight excluding hydrogens is 476 g/mol. The molecule has 0 aliphatic heterocycles. The fraction of sp³-hybridized carbons (Fsp3) is 0.312. The molecule has 1 aromatic heterocycles. The fourth-order valence-electron chi connectivity index (χ4n) is 4.94. The van der Waals surface area contributed by atoms with Crippen LogP contribution in [0, 0.1) is 0 Å². The van der Waals surface area contributed by atoms with Crippen LogP contribution in [0.3, 0.4) is 0 Å². The van der Waals surface area contributed by atoms with Gasteiger partial charge in [0.1, 0.15) is 12.3 Å². The lowest BCUT2D eigenvalue weighted by Gasteiger charge is -2.29. The Bertz CT molecular complexity index is 1300. The maximum atomic E-state index is 12.7. The predicted octanol–water partition coefficient (Wildman–Crippen LogP) is 6.98. The van der Waals surface area contributed by atoms with E-state index in [2.05, 4.69) is 12.1 Å². The molecule has 6 nitrogen and oxygen atoms in total. The smallest absolute Gasteiger partial charge is 0.333 e. The zero-order chi connectivity index (χ0) is 26.5. The highest BCUT2D eigenvalue weighted by Crippen LogP contribution is 2.36. The standard InChI is InChI=1S/C32H34N2O4/c1-22(32-33-30(25-14-6-4-7-15-25)31(38-32)26-16-8-5-9-17-26)34(3)23(2)37-29(35)21-36-28-20-12-18-24-13-10-11-19-27(24)28/h4-11,13-17,19,22-23,28H,12,18,20-21H2,1-3H3. The Morgan fingerprint density at radius 1 is 0.974 bits per heavy atom. The van der Waals surface area contributed by atoms with E-state index < -0.39 is 6.23 Å². The maximum absolute atomic E-state index is 12.7. The second-order valence-corrected chi connectivity index (χ2v) is 9.78. The zero-order valence-electron chi connectivity index (χ0n) is 22.2. The third-order valence-electron chi connectivity index (χ3n) is 7.29. The van der Waals surface area contributed by atoms with Crippen molar-refractivity contribution in [2.45, 2.75) is 51.5 Å². The minimum absolute atomic E-state index is 0.0698. The van der Waals surface area contributed by atoms with Crippen molar-refractivity contribution in [3.05, 3.63) is 102 Å². The lowest BCUT2D eigenvalue weighted by molar-refractivity contribution is -0.166. The number of oxazole rings is 1. The van der Waals surface area contributed by atoms with Gasteiger partial charge in [0.2, 0.25) is 5.89 Å². The second kappa shape index (κ2) is 11.8. The minimum atomic E-state index is -0.494. The first-order chi connectivity index (χ1) is 18.5. The summed E-state index contributed by atoms with van der Waals surface area (Å²) in [4.78, 5) is 19.5. The van der Waals surface area contributed by atoms with Gasteiger partial charge in [-0.1, -0.05) is 84.9 Å². The molecule has 0 spiro atoms. The molecule has 0 saturated carbocycles. The van der Waals surface area contributed by atoms with E-state index in [9.17, 15) is 4.79 Å². The van der Waals surface area contributed by atoms with E-state index in [1.807, 2.05) is 98.6 Å². The van der Waals surface area contributed by atoms with Gasteiger partial charge in [0.25, 0.3) is 0 Å². The number of hydrogen-bond acceptors (Lipinski definition) is 6. The molecule has 38 heavy (non-hydrogen) atoms. The number of carbonyl (C=O) groups excluding carboxylic acids is 1. The van der Waals surface area contributed by atoms with Crippen LogP contribution in [0.1, 0.15) is 55.9 Å². The molecule has 0 saturated heterocycles. The van der Waals surface area contributed by atoms with Crippen LogP contribution < -0.4 is 0 Å². The SMILES string of the molecule is CC(OC(=O)COC1CCCc2ccccc21)N(C)C(C)c1nc(-c2ccccc2)c(-c2ccccc2)o1. The molecule has 1 aliphatic rings. The average molecular weight is 511 g/mol. The molecule has 3 unspecified atom stereocenters. The Kier molecular flexibility index (Phi) is 8.01. The van der Waals surface area contributed by atoms with E-state index in [-0.39, 0.29) is 24.7 Å². The Morgan fingerprint density at radius 2 is 1.63 bits per heavy atom. The van der Waals surface area contributed by atoms with E-state index in [0.29, 0.717) is 5.89 Å². The average Bonchev–Trinajstić information content (AvgIpc) is 3.42. The molecule has 0 radical (unpaired) electrons. The number of benzene rings is 3. The lowest BCUT2D eigenvalue weighted by Crippen LogP contribution is -2.36. The van der Waals surface area contributed by atoms with Crippen LogP contribution >= 0.6 is 0 Å². The predicted molar refractivity (Wildman–Crippen MR) is 147 cm³/mol. The van der Waals surface area contributed by atoms with Gasteiger partial charge in [-0.2, -0.15) is 0 Å². The van der Waals surface area contributed by atoms with E-state index in [4.69, 9.17) is 18.9 Å². The summed E-state index contributed by atoms with van der Waals surface area (Å²) in [7, 11) is 1.90. The summed E-state index contributed by atoms with van der Waals surface area (Å²) >= 11 is 0. The molecule has 0 fully saturated rings. The van der Waals surface area contributed by atoms with Crippen molar-refractivity contribution in [1.29, 1.82) is 0 Å². The number of hydrogen-bond donors (Lipinski definition) is 0. The topological polar surface area (TPSA) is 64.8 Å². The number of esters is 1. The van der Waals surface area contributed by atoms with Gasteiger partial charge >= 0.3 is 5.97 Å². The van der Waals surface area contributed by atoms with Crippen LogP contribution in [0.2, 0.25) is 0 Å². The second-order valence-electron chi connectivity index (χ2n) is 9.78. The van der Waals surface area contributed by atoms with Crippen molar-refractivity contribution in [2.24, 2.45) is 0 Å². The molecule has 6 heteroatoms. The van der Waals surface area contributed by atoms with Crippen molar-refractivity contribution in [2.75, 3.05) is 13.7 Å². The summed E-state index contributed by atoms with van der Waals surface area (Å²) in [6.45, 7) is 3.76. The van der Waals surface area contributed by atoms with Crippen molar-refractivity contribution in [1.82, 2.24) is 9.88 Å². The highest BCUT2D eigenvalue weighted by atomic mass is 16.6. The van der Waals surface area contributed by atoms with Crippen molar-refractivity contribution < 1.29 is 18.7 Å². The molecule has 1 aliphatic carbocycles. The van der Waals surface area contributed by atoms with Gasteiger partial charge in [-0.15, -0.1) is 0 Å². The minimum Gasteiger partial charge on any atom is -0.445 e.